The van der Waals surface area contributed by atoms with Crippen molar-refractivity contribution in [3.8, 4) is 0 Å². The van der Waals surface area contributed by atoms with E-state index in [1.165, 1.54) is 12.1 Å². The van der Waals surface area contributed by atoms with Crippen LogP contribution in [0, 0.1) is 11.7 Å². The summed E-state index contributed by atoms with van der Waals surface area (Å²) >= 11 is 6.16. The molecule has 0 spiro atoms. The van der Waals surface area contributed by atoms with Crippen LogP contribution in [-0.4, -0.2) is 38.3 Å². The lowest BCUT2D eigenvalue weighted by Gasteiger charge is -2.33. The number of benzene rings is 1. The van der Waals surface area contributed by atoms with Crippen LogP contribution < -0.4 is 5.73 Å². The maximum atomic E-state index is 13.2. The summed E-state index contributed by atoms with van der Waals surface area (Å²) in [5.41, 5.74) is 6.79. The van der Waals surface area contributed by atoms with E-state index in [4.69, 9.17) is 22.1 Å². The van der Waals surface area contributed by atoms with Crippen LogP contribution in [0.1, 0.15) is 25.5 Å². The predicted octanol–water partition coefficient (Wildman–Crippen LogP) is 3.08. The largest absolute Gasteiger partial charge is 0.383 e. The van der Waals surface area contributed by atoms with E-state index >= 15 is 0 Å². The Hall–Kier alpha value is -0.680. The zero-order valence-corrected chi connectivity index (χ0v) is 13.2. The Bertz CT molecular complexity index is 415. The Labute approximate surface area is 125 Å². The van der Waals surface area contributed by atoms with E-state index < -0.39 is 0 Å². The molecule has 0 bridgehead atoms. The second-order valence-electron chi connectivity index (χ2n) is 5.30. The van der Waals surface area contributed by atoms with Gasteiger partial charge >= 0.3 is 0 Å². The fourth-order valence-corrected chi connectivity index (χ4v) is 2.59. The van der Waals surface area contributed by atoms with Crippen molar-refractivity contribution in [1.82, 2.24) is 4.90 Å². The minimum absolute atomic E-state index is 0.0272. The zero-order valence-electron chi connectivity index (χ0n) is 12.4. The molecule has 0 saturated heterocycles. The molecule has 0 saturated carbocycles. The maximum absolute atomic E-state index is 13.2. The highest BCUT2D eigenvalue weighted by Crippen LogP contribution is 2.28. The number of halogens is 2. The van der Waals surface area contributed by atoms with Gasteiger partial charge in [0.1, 0.15) is 5.82 Å². The van der Waals surface area contributed by atoms with Crippen molar-refractivity contribution in [2.24, 2.45) is 11.7 Å². The smallest absolute Gasteiger partial charge is 0.124 e. The molecule has 5 heteroatoms. The number of nitrogens with zero attached hydrogens (tertiary/aromatic N) is 1. The molecule has 20 heavy (non-hydrogen) atoms. The Morgan fingerprint density at radius 3 is 2.60 bits per heavy atom. The van der Waals surface area contributed by atoms with Crippen molar-refractivity contribution in [2.45, 2.75) is 19.9 Å². The van der Waals surface area contributed by atoms with Gasteiger partial charge < -0.3 is 10.5 Å². The van der Waals surface area contributed by atoms with Gasteiger partial charge in [0.15, 0.2) is 0 Å². The monoisotopic (exact) mass is 302 g/mol. The first-order valence-corrected chi connectivity index (χ1v) is 7.25. The molecule has 1 rings (SSSR count). The lowest BCUT2D eigenvalue weighted by atomic mass is 10.0. The fraction of sp³-hybridized carbons (Fsp3) is 0.600. The topological polar surface area (TPSA) is 38.5 Å². The van der Waals surface area contributed by atoms with Crippen LogP contribution in [0.4, 0.5) is 4.39 Å². The third kappa shape index (κ3) is 5.02. The minimum Gasteiger partial charge on any atom is -0.383 e. The molecule has 0 amide bonds. The van der Waals surface area contributed by atoms with E-state index in [0.29, 0.717) is 24.1 Å². The molecule has 0 heterocycles. The van der Waals surface area contributed by atoms with Gasteiger partial charge in [-0.15, -0.1) is 0 Å². The molecule has 0 aliphatic heterocycles. The third-order valence-corrected chi connectivity index (χ3v) is 3.50. The van der Waals surface area contributed by atoms with Crippen molar-refractivity contribution in [3.63, 3.8) is 0 Å². The minimum atomic E-state index is -0.332. The maximum Gasteiger partial charge on any atom is 0.124 e. The second kappa shape index (κ2) is 8.57. The van der Waals surface area contributed by atoms with Gasteiger partial charge in [0.05, 0.1) is 6.61 Å². The number of hydrogen-bond acceptors (Lipinski definition) is 3. The molecule has 2 N–H and O–H groups in total. The molecule has 114 valence electrons. The summed E-state index contributed by atoms with van der Waals surface area (Å²) in [6.07, 6.45) is 0. The van der Waals surface area contributed by atoms with Gasteiger partial charge in [-0.25, -0.2) is 4.39 Å². The highest BCUT2D eigenvalue weighted by Gasteiger charge is 2.22. The van der Waals surface area contributed by atoms with Gasteiger partial charge in [-0.1, -0.05) is 31.5 Å². The summed E-state index contributed by atoms with van der Waals surface area (Å²) in [5, 5.41) is 0.423. The summed E-state index contributed by atoms with van der Waals surface area (Å²) in [6, 6.07) is 4.45. The lowest BCUT2D eigenvalue weighted by molar-refractivity contribution is 0.112. The average Bonchev–Trinajstić information content (AvgIpc) is 2.38. The number of methoxy groups -OCH3 is 1. The van der Waals surface area contributed by atoms with Crippen molar-refractivity contribution in [2.75, 3.05) is 33.4 Å². The Kier molecular flexibility index (Phi) is 7.45. The quantitative estimate of drug-likeness (QED) is 0.802. The summed E-state index contributed by atoms with van der Waals surface area (Å²) in [5.74, 6) is 0.168. The van der Waals surface area contributed by atoms with Crippen molar-refractivity contribution >= 4 is 11.6 Å². The normalized spacial score (nSPS) is 13.2. The molecule has 0 aromatic heterocycles. The van der Waals surface area contributed by atoms with Crippen molar-refractivity contribution in [1.29, 1.82) is 0 Å². The van der Waals surface area contributed by atoms with E-state index in [-0.39, 0.29) is 11.9 Å². The van der Waals surface area contributed by atoms with Crippen LogP contribution in [0.25, 0.3) is 0 Å². The Morgan fingerprint density at radius 2 is 2.10 bits per heavy atom. The van der Waals surface area contributed by atoms with Gasteiger partial charge in [-0.2, -0.15) is 0 Å². The van der Waals surface area contributed by atoms with Gasteiger partial charge in [0.2, 0.25) is 0 Å². The number of ether oxygens (including phenoxy) is 1. The molecule has 1 aromatic carbocycles. The molecule has 0 radical (unpaired) electrons. The lowest BCUT2D eigenvalue weighted by Crippen LogP contribution is -2.38. The molecule has 1 aromatic rings. The van der Waals surface area contributed by atoms with Crippen molar-refractivity contribution in [3.05, 3.63) is 34.6 Å². The first-order valence-electron chi connectivity index (χ1n) is 6.87. The Balaban J connectivity index is 2.98. The first-order chi connectivity index (χ1) is 9.49. The average molecular weight is 303 g/mol. The molecule has 1 unspecified atom stereocenters. The van der Waals surface area contributed by atoms with Crippen LogP contribution in [0.5, 0.6) is 0 Å². The van der Waals surface area contributed by atoms with E-state index in [9.17, 15) is 4.39 Å². The SMILES string of the molecule is COCCN(CC(C)C)C(CN)c1ccc(F)cc1Cl. The first kappa shape index (κ1) is 17.4. The van der Waals surface area contributed by atoms with E-state index in [0.717, 1.165) is 18.7 Å². The second-order valence-corrected chi connectivity index (χ2v) is 5.71. The van der Waals surface area contributed by atoms with Crippen LogP contribution in [0.3, 0.4) is 0 Å². The number of rotatable bonds is 8. The van der Waals surface area contributed by atoms with Crippen LogP contribution >= 0.6 is 11.6 Å². The standard InChI is InChI=1S/C15H24ClFN2O/c1-11(2)10-19(6-7-20-3)15(9-18)13-5-4-12(17)8-14(13)16/h4-5,8,11,15H,6-7,9-10,18H2,1-3H3. The van der Waals surface area contributed by atoms with E-state index in [2.05, 4.69) is 18.7 Å². The molecular weight excluding hydrogens is 279 g/mol. The molecule has 3 nitrogen and oxygen atoms in total. The highest BCUT2D eigenvalue weighted by molar-refractivity contribution is 6.31. The zero-order chi connectivity index (χ0) is 15.1. The van der Waals surface area contributed by atoms with Gasteiger partial charge in [0.25, 0.3) is 0 Å². The number of hydrogen-bond donors (Lipinski definition) is 1. The van der Waals surface area contributed by atoms with E-state index in [1.54, 1.807) is 13.2 Å². The molecule has 1 atom stereocenters. The Morgan fingerprint density at radius 1 is 1.40 bits per heavy atom. The van der Waals surface area contributed by atoms with Crippen LogP contribution in [-0.2, 0) is 4.74 Å². The van der Waals surface area contributed by atoms with Crippen LogP contribution in [0.2, 0.25) is 5.02 Å². The molecule has 0 aliphatic rings. The van der Waals surface area contributed by atoms with Gasteiger partial charge in [-0.3, -0.25) is 4.90 Å². The molecular formula is C15H24ClFN2O. The summed E-state index contributed by atoms with van der Waals surface area (Å²) < 4.78 is 18.3. The molecule has 0 aliphatic carbocycles. The van der Waals surface area contributed by atoms with Crippen LogP contribution in [0.15, 0.2) is 18.2 Å². The summed E-state index contributed by atoms with van der Waals surface area (Å²) in [7, 11) is 1.68. The number of nitrogens with two attached hydrogens (primary N) is 1. The summed E-state index contributed by atoms with van der Waals surface area (Å²) in [6.45, 7) is 7.02. The van der Waals surface area contributed by atoms with E-state index in [1.807, 2.05) is 0 Å². The highest BCUT2D eigenvalue weighted by atomic mass is 35.5. The summed E-state index contributed by atoms with van der Waals surface area (Å²) in [4.78, 5) is 2.24. The fourth-order valence-electron chi connectivity index (χ4n) is 2.30. The third-order valence-electron chi connectivity index (χ3n) is 3.17. The predicted molar refractivity (Wildman–Crippen MR) is 81.5 cm³/mol. The van der Waals surface area contributed by atoms with Gasteiger partial charge in [-0.05, 0) is 23.6 Å². The van der Waals surface area contributed by atoms with Crippen molar-refractivity contribution < 1.29 is 9.13 Å². The van der Waals surface area contributed by atoms with Gasteiger partial charge in [0, 0.05) is 37.8 Å². The molecule has 0 fully saturated rings.